The van der Waals surface area contributed by atoms with Crippen LogP contribution in [0.1, 0.15) is 10.4 Å². The van der Waals surface area contributed by atoms with Crippen molar-refractivity contribution in [3.8, 4) is 0 Å². The van der Waals surface area contributed by atoms with Crippen molar-refractivity contribution in [2.45, 2.75) is 0 Å². The largest absolute Gasteiger partial charge is 0.290 e. The molecule has 1 aromatic rings. The SMILES string of the molecule is O=C1NC(=O)/C(=C/C(=O)c2ccccc2)S1. The Hall–Kier alpha value is -1.88. The quantitative estimate of drug-likeness (QED) is 0.624. The van der Waals surface area contributed by atoms with E-state index in [0.717, 1.165) is 11.8 Å². The van der Waals surface area contributed by atoms with E-state index in [1.54, 1.807) is 30.3 Å². The third-order valence-electron chi connectivity index (χ3n) is 1.96. The first-order valence-electron chi connectivity index (χ1n) is 4.51. The number of thioether (sulfide) groups is 1. The van der Waals surface area contributed by atoms with Crippen LogP contribution in [-0.4, -0.2) is 16.9 Å². The fourth-order valence-corrected chi connectivity index (χ4v) is 1.88. The van der Waals surface area contributed by atoms with Crippen molar-refractivity contribution >= 4 is 28.7 Å². The topological polar surface area (TPSA) is 63.2 Å². The first-order chi connectivity index (χ1) is 7.66. The maximum Gasteiger partial charge on any atom is 0.290 e. The van der Waals surface area contributed by atoms with Crippen LogP contribution in [0.3, 0.4) is 0 Å². The van der Waals surface area contributed by atoms with Gasteiger partial charge in [-0.1, -0.05) is 30.3 Å². The van der Waals surface area contributed by atoms with Gasteiger partial charge in [0.15, 0.2) is 5.78 Å². The highest BCUT2D eigenvalue weighted by Crippen LogP contribution is 2.23. The molecule has 80 valence electrons. The maximum atomic E-state index is 11.7. The van der Waals surface area contributed by atoms with Crippen molar-refractivity contribution in [2.24, 2.45) is 0 Å². The number of allylic oxidation sites excluding steroid dienone is 1. The van der Waals surface area contributed by atoms with Gasteiger partial charge >= 0.3 is 0 Å². The average molecular weight is 233 g/mol. The molecule has 0 spiro atoms. The van der Waals surface area contributed by atoms with Crippen LogP contribution < -0.4 is 5.32 Å². The third-order valence-corrected chi connectivity index (χ3v) is 2.77. The summed E-state index contributed by atoms with van der Waals surface area (Å²) in [6.45, 7) is 0. The molecular weight excluding hydrogens is 226 g/mol. The minimum Gasteiger partial charge on any atom is -0.289 e. The minimum atomic E-state index is -0.515. The van der Waals surface area contributed by atoms with Crippen LogP contribution in [0, 0.1) is 0 Å². The summed E-state index contributed by atoms with van der Waals surface area (Å²) >= 11 is 0.737. The zero-order valence-electron chi connectivity index (χ0n) is 8.10. The molecule has 2 amide bonds. The van der Waals surface area contributed by atoms with Gasteiger partial charge < -0.3 is 0 Å². The van der Waals surface area contributed by atoms with Crippen molar-refractivity contribution in [2.75, 3.05) is 0 Å². The Balaban J connectivity index is 2.22. The lowest BCUT2D eigenvalue weighted by Crippen LogP contribution is -2.18. The molecule has 0 atom stereocenters. The zero-order chi connectivity index (χ0) is 11.5. The van der Waals surface area contributed by atoms with E-state index >= 15 is 0 Å². The highest BCUT2D eigenvalue weighted by Gasteiger charge is 2.25. The van der Waals surface area contributed by atoms with Crippen LogP contribution in [0.5, 0.6) is 0 Å². The summed E-state index contributed by atoms with van der Waals surface area (Å²) in [6.07, 6.45) is 1.18. The smallest absolute Gasteiger partial charge is 0.289 e. The predicted octanol–water partition coefficient (Wildman–Crippen LogP) is 1.74. The lowest BCUT2D eigenvalue weighted by Gasteiger charge is -1.94. The van der Waals surface area contributed by atoms with E-state index in [1.165, 1.54) is 6.08 Å². The van der Waals surface area contributed by atoms with Gasteiger partial charge in [0.1, 0.15) is 0 Å². The molecule has 1 saturated heterocycles. The molecule has 1 aliphatic rings. The van der Waals surface area contributed by atoms with Crippen molar-refractivity contribution in [1.82, 2.24) is 5.32 Å². The van der Waals surface area contributed by atoms with Gasteiger partial charge in [-0.2, -0.15) is 0 Å². The molecule has 1 fully saturated rings. The van der Waals surface area contributed by atoms with E-state index in [9.17, 15) is 14.4 Å². The molecule has 4 nitrogen and oxygen atoms in total. The number of benzene rings is 1. The van der Waals surface area contributed by atoms with E-state index in [-0.39, 0.29) is 10.7 Å². The molecule has 0 radical (unpaired) electrons. The minimum absolute atomic E-state index is 0.138. The predicted molar refractivity (Wildman–Crippen MR) is 60.0 cm³/mol. The van der Waals surface area contributed by atoms with Gasteiger partial charge in [-0.05, 0) is 11.8 Å². The second kappa shape index (κ2) is 4.32. The number of nitrogens with one attached hydrogen (secondary N) is 1. The normalized spacial score (nSPS) is 17.6. The zero-order valence-corrected chi connectivity index (χ0v) is 8.91. The second-order valence-corrected chi connectivity index (χ2v) is 4.10. The molecule has 2 rings (SSSR count). The highest BCUT2D eigenvalue weighted by molar-refractivity contribution is 8.18. The standard InChI is InChI=1S/C11H7NO3S/c13-8(7-4-2-1-3-5-7)6-9-10(14)12-11(15)16-9/h1-6H,(H,12,14,15)/b9-6-. The molecule has 0 unspecified atom stereocenters. The number of ketones is 1. The molecule has 1 N–H and O–H groups in total. The van der Waals surface area contributed by atoms with E-state index < -0.39 is 11.1 Å². The Morgan fingerprint density at radius 3 is 2.44 bits per heavy atom. The van der Waals surface area contributed by atoms with Gasteiger partial charge in [-0.3, -0.25) is 19.7 Å². The van der Waals surface area contributed by atoms with E-state index in [0.29, 0.717) is 5.56 Å². The number of imide groups is 1. The van der Waals surface area contributed by atoms with E-state index in [1.807, 2.05) is 0 Å². The van der Waals surface area contributed by atoms with Crippen LogP contribution in [0.25, 0.3) is 0 Å². The molecule has 16 heavy (non-hydrogen) atoms. The van der Waals surface area contributed by atoms with Gasteiger partial charge in [0, 0.05) is 11.6 Å². The molecule has 0 aromatic heterocycles. The third kappa shape index (κ3) is 2.20. The number of hydrogen-bond acceptors (Lipinski definition) is 4. The Labute approximate surface area is 95.7 Å². The van der Waals surface area contributed by atoms with Crippen LogP contribution >= 0.6 is 11.8 Å². The molecule has 1 aliphatic heterocycles. The molecule has 1 aromatic carbocycles. The number of carbonyl (C=O) groups is 3. The number of hydrogen-bond donors (Lipinski definition) is 1. The van der Waals surface area contributed by atoms with Crippen molar-refractivity contribution in [3.63, 3.8) is 0 Å². The van der Waals surface area contributed by atoms with Crippen LogP contribution in [0.4, 0.5) is 4.79 Å². The number of carbonyl (C=O) groups excluding carboxylic acids is 3. The molecule has 1 heterocycles. The molecular formula is C11H7NO3S. The monoisotopic (exact) mass is 233 g/mol. The summed E-state index contributed by atoms with van der Waals surface area (Å²) in [5, 5.41) is 1.64. The molecule has 5 heteroatoms. The van der Waals surface area contributed by atoms with Gasteiger partial charge in [-0.25, -0.2) is 0 Å². The molecule has 0 saturated carbocycles. The fourth-order valence-electron chi connectivity index (χ4n) is 1.23. The first kappa shape index (κ1) is 10.6. The summed E-state index contributed by atoms with van der Waals surface area (Å²) in [4.78, 5) is 33.8. The lowest BCUT2D eigenvalue weighted by atomic mass is 10.1. The highest BCUT2D eigenvalue weighted by atomic mass is 32.2. The van der Waals surface area contributed by atoms with Gasteiger partial charge in [0.2, 0.25) is 0 Å². The van der Waals surface area contributed by atoms with Crippen molar-refractivity contribution in [3.05, 3.63) is 46.9 Å². The van der Waals surface area contributed by atoms with Crippen LogP contribution in [-0.2, 0) is 4.79 Å². The summed E-state index contributed by atoms with van der Waals surface area (Å²) < 4.78 is 0. The van der Waals surface area contributed by atoms with Crippen molar-refractivity contribution in [1.29, 1.82) is 0 Å². The summed E-state index contributed by atoms with van der Waals surface area (Å²) in [5.74, 6) is -0.799. The molecule has 0 bridgehead atoms. The van der Waals surface area contributed by atoms with E-state index in [2.05, 4.69) is 5.32 Å². The first-order valence-corrected chi connectivity index (χ1v) is 5.33. The number of amides is 2. The van der Waals surface area contributed by atoms with Crippen LogP contribution in [0.15, 0.2) is 41.3 Å². The van der Waals surface area contributed by atoms with Crippen molar-refractivity contribution < 1.29 is 14.4 Å². The fraction of sp³-hybridized carbons (Fsp3) is 0. The summed E-state index contributed by atoms with van der Waals surface area (Å²) in [6, 6.07) is 8.57. The Kier molecular flexibility index (Phi) is 2.87. The average Bonchev–Trinajstić information content (AvgIpc) is 2.59. The lowest BCUT2D eigenvalue weighted by molar-refractivity contribution is -0.115. The van der Waals surface area contributed by atoms with Gasteiger partial charge in [0.25, 0.3) is 11.1 Å². The summed E-state index contributed by atoms with van der Waals surface area (Å²) in [5.41, 5.74) is 0.489. The molecule has 0 aliphatic carbocycles. The van der Waals surface area contributed by atoms with E-state index in [4.69, 9.17) is 0 Å². The van der Waals surface area contributed by atoms with Crippen LogP contribution in [0.2, 0.25) is 0 Å². The maximum absolute atomic E-state index is 11.7. The second-order valence-electron chi connectivity index (χ2n) is 3.08. The Morgan fingerprint density at radius 1 is 1.19 bits per heavy atom. The summed E-state index contributed by atoms with van der Waals surface area (Å²) in [7, 11) is 0. The Morgan fingerprint density at radius 2 is 1.88 bits per heavy atom. The number of rotatable bonds is 2. The van der Waals surface area contributed by atoms with Gasteiger partial charge in [-0.15, -0.1) is 0 Å². The van der Waals surface area contributed by atoms with Gasteiger partial charge in [0.05, 0.1) is 4.91 Å². The Bertz CT molecular complexity index is 493.